The lowest BCUT2D eigenvalue weighted by Crippen LogP contribution is -2.40. The second-order valence-corrected chi connectivity index (χ2v) is 1.91. The molecule has 0 fully saturated rings. The van der Waals surface area contributed by atoms with Crippen LogP contribution in [0.25, 0.3) is 0 Å². The van der Waals surface area contributed by atoms with Gasteiger partial charge < -0.3 is 0 Å². The topological polar surface area (TPSA) is 38.0 Å². The van der Waals surface area contributed by atoms with Gasteiger partial charge in [0.25, 0.3) is 0 Å². The molecule has 0 rings (SSSR count). The molecule has 0 aliphatic carbocycles. The molecular formula is C6H13F5N2. The van der Waals surface area contributed by atoms with Gasteiger partial charge in [-0.1, -0.05) is 13.8 Å². The molecule has 7 heteroatoms. The van der Waals surface area contributed by atoms with E-state index >= 15 is 0 Å². The standard InChI is InChI=1S/C4H7F5N2.C2H6/c5-3(6,1-2-11-10)4(7,8)9;1-2/h11H,1-2,10H2;1-2H3. The molecule has 0 saturated carbocycles. The number of hydrogen-bond donors (Lipinski definition) is 2. The molecule has 0 radical (unpaired) electrons. The van der Waals surface area contributed by atoms with Crippen LogP contribution in [0.4, 0.5) is 22.0 Å². The fraction of sp³-hybridized carbons (Fsp3) is 1.00. The summed E-state index contributed by atoms with van der Waals surface area (Å²) in [5.41, 5.74) is 1.72. The van der Waals surface area contributed by atoms with Gasteiger partial charge in [0.05, 0.1) is 0 Å². The highest BCUT2D eigenvalue weighted by atomic mass is 19.4. The maximum Gasteiger partial charge on any atom is 0.453 e. The van der Waals surface area contributed by atoms with E-state index in [0.717, 1.165) is 0 Å². The minimum absolute atomic E-state index is 0.577. The van der Waals surface area contributed by atoms with Crippen molar-refractivity contribution in [1.29, 1.82) is 0 Å². The first-order valence-corrected chi connectivity index (χ1v) is 3.69. The highest BCUT2D eigenvalue weighted by Gasteiger charge is 2.56. The van der Waals surface area contributed by atoms with Crippen LogP contribution in [0, 0.1) is 0 Å². The van der Waals surface area contributed by atoms with Crippen LogP contribution in [0.15, 0.2) is 0 Å². The van der Waals surface area contributed by atoms with Crippen molar-refractivity contribution in [3.8, 4) is 0 Å². The summed E-state index contributed by atoms with van der Waals surface area (Å²) in [6, 6.07) is 0. The summed E-state index contributed by atoms with van der Waals surface area (Å²) < 4.78 is 57.8. The molecule has 0 aromatic heterocycles. The Bertz CT molecular complexity index is 123. The Hall–Kier alpha value is -0.430. The summed E-state index contributed by atoms with van der Waals surface area (Å²) in [7, 11) is 0. The Kier molecular flexibility index (Phi) is 7.05. The molecule has 82 valence electrons. The van der Waals surface area contributed by atoms with Gasteiger partial charge in [-0.3, -0.25) is 11.3 Å². The molecule has 0 aromatic rings. The predicted molar refractivity (Wildman–Crippen MR) is 39.2 cm³/mol. The maximum absolute atomic E-state index is 11.9. The molecule has 0 aliphatic heterocycles. The van der Waals surface area contributed by atoms with Crippen LogP contribution >= 0.6 is 0 Å². The average Bonchev–Trinajstić information content (AvgIpc) is 2.03. The van der Waals surface area contributed by atoms with E-state index in [0.29, 0.717) is 0 Å². The Balaban J connectivity index is 0. The van der Waals surface area contributed by atoms with Crippen molar-refractivity contribution in [2.24, 2.45) is 5.84 Å². The number of nitrogens with two attached hydrogens (primary N) is 1. The van der Waals surface area contributed by atoms with Gasteiger partial charge in [0.2, 0.25) is 0 Å². The Morgan fingerprint density at radius 2 is 1.46 bits per heavy atom. The lowest BCUT2D eigenvalue weighted by molar-refractivity contribution is -0.283. The van der Waals surface area contributed by atoms with Gasteiger partial charge >= 0.3 is 12.1 Å². The lowest BCUT2D eigenvalue weighted by Gasteiger charge is -2.18. The third-order valence-electron chi connectivity index (χ3n) is 0.998. The first-order valence-electron chi connectivity index (χ1n) is 3.69. The summed E-state index contributed by atoms with van der Waals surface area (Å²) in [5.74, 6) is -0.125. The van der Waals surface area contributed by atoms with Gasteiger partial charge in [-0.25, -0.2) is 0 Å². The van der Waals surface area contributed by atoms with Crippen LogP contribution in [0.1, 0.15) is 20.3 Å². The van der Waals surface area contributed by atoms with Crippen molar-refractivity contribution in [3.05, 3.63) is 0 Å². The third-order valence-corrected chi connectivity index (χ3v) is 0.998. The van der Waals surface area contributed by atoms with Crippen LogP contribution in [0.2, 0.25) is 0 Å². The average molecular weight is 208 g/mol. The zero-order valence-corrected chi connectivity index (χ0v) is 7.38. The molecule has 0 heterocycles. The van der Waals surface area contributed by atoms with E-state index < -0.39 is 25.1 Å². The fourth-order valence-electron chi connectivity index (χ4n) is 0.371. The number of hydrogen-bond acceptors (Lipinski definition) is 2. The minimum atomic E-state index is -5.48. The van der Waals surface area contributed by atoms with Gasteiger partial charge in [0.15, 0.2) is 0 Å². The van der Waals surface area contributed by atoms with Crippen LogP contribution in [0.3, 0.4) is 0 Å². The summed E-state index contributed by atoms with van der Waals surface area (Å²) in [6.45, 7) is 3.42. The molecule has 0 atom stereocenters. The van der Waals surface area contributed by atoms with Gasteiger partial charge in [-0.15, -0.1) is 0 Å². The van der Waals surface area contributed by atoms with Gasteiger partial charge in [-0.05, 0) is 0 Å². The maximum atomic E-state index is 11.9. The van der Waals surface area contributed by atoms with Crippen molar-refractivity contribution < 1.29 is 22.0 Å². The number of halogens is 5. The van der Waals surface area contributed by atoms with E-state index in [2.05, 4.69) is 5.84 Å². The molecule has 0 spiro atoms. The summed E-state index contributed by atoms with van der Waals surface area (Å²) in [6.07, 6.45) is -6.82. The Labute approximate surface area is 73.3 Å². The van der Waals surface area contributed by atoms with E-state index in [1.165, 1.54) is 0 Å². The zero-order valence-electron chi connectivity index (χ0n) is 7.38. The van der Waals surface area contributed by atoms with E-state index in [1.54, 1.807) is 5.43 Å². The van der Waals surface area contributed by atoms with E-state index in [1.807, 2.05) is 13.8 Å². The minimum Gasteiger partial charge on any atom is -0.271 e. The second kappa shape index (κ2) is 6.09. The largest absolute Gasteiger partial charge is 0.453 e. The molecule has 13 heavy (non-hydrogen) atoms. The summed E-state index contributed by atoms with van der Waals surface area (Å²) in [5, 5.41) is 0. The number of rotatable bonds is 3. The number of nitrogens with one attached hydrogen (secondary N) is 1. The summed E-state index contributed by atoms with van der Waals surface area (Å²) in [4.78, 5) is 0. The van der Waals surface area contributed by atoms with E-state index in [9.17, 15) is 22.0 Å². The molecule has 0 aliphatic rings. The summed E-state index contributed by atoms with van der Waals surface area (Å²) >= 11 is 0. The lowest BCUT2D eigenvalue weighted by atomic mass is 10.2. The van der Waals surface area contributed by atoms with Crippen molar-refractivity contribution in [2.45, 2.75) is 32.4 Å². The first-order chi connectivity index (χ1) is 5.81. The third kappa shape index (κ3) is 5.75. The molecule has 0 unspecified atom stereocenters. The molecule has 3 N–H and O–H groups in total. The molecule has 0 aromatic carbocycles. The van der Waals surface area contributed by atoms with E-state index in [-0.39, 0.29) is 0 Å². The van der Waals surface area contributed by atoms with Crippen LogP contribution in [-0.2, 0) is 0 Å². The highest BCUT2D eigenvalue weighted by molar-refractivity contribution is 4.75. The fourth-order valence-corrected chi connectivity index (χ4v) is 0.371. The van der Waals surface area contributed by atoms with Crippen LogP contribution in [0.5, 0.6) is 0 Å². The first kappa shape index (κ1) is 15.1. The van der Waals surface area contributed by atoms with Gasteiger partial charge in [-0.2, -0.15) is 22.0 Å². The van der Waals surface area contributed by atoms with Crippen molar-refractivity contribution in [1.82, 2.24) is 5.43 Å². The van der Waals surface area contributed by atoms with E-state index in [4.69, 9.17) is 0 Å². The van der Waals surface area contributed by atoms with Gasteiger partial charge in [0, 0.05) is 13.0 Å². The SMILES string of the molecule is CC.NNCCC(F)(F)C(F)(F)F. The molecule has 0 bridgehead atoms. The zero-order chi connectivity index (χ0) is 11.1. The predicted octanol–water partition coefficient (Wildman–Crippen LogP) is 2.06. The van der Waals surface area contributed by atoms with Crippen molar-refractivity contribution in [2.75, 3.05) is 6.54 Å². The Morgan fingerprint density at radius 1 is 1.08 bits per heavy atom. The molecule has 0 saturated heterocycles. The number of alkyl halides is 5. The Morgan fingerprint density at radius 3 is 1.69 bits per heavy atom. The van der Waals surface area contributed by atoms with Crippen molar-refractivity contribution >= 4 is 0 Å². The second-order valence-electron chi connectivity index (χ2n) is 1.91. The highest BCUT2D eigenvalue weighted by Crippen LogP contribution is 2.37. The van der Waals surface area contributed by atoms with Crippen molar-refractivity contribution in [3.63, 3.8) is 0 Å². The quantitative estimate of drug-likeness (QED) is 0.423. The molecule has 2 nitrogen and oxygen atoms in total. The smallest absolute Gasteiger partial charge is 0.271 e. The van der Waals surface area contributed by atoms with Gasteiger partial charge in [0.1, 0.15) is 0 Å². The number of hydrazine groups is 1. The molecular weight excluding hydrogens is 195 g/mol. The monoisotopic (exact) mass is 208 g/mol. The van der Waals surface area contributed by atoms with Crippen LogP contribution < -0.4 is 11.3 Å². The molecule has 0 amide bonds. The van der Waals surface area contributed by atoms with Crippen LogP contribution in [-0.4, -0.2) is 18.6 Å². The normalized spacial score (nSPS) is 12.0.